The predicted molar refractivity (Wildman–Crippen MR) is 225 cm³/mol. The summed E-state index contributed by atoms with van der Waals surface area (Å²) in [7, 11) is 3.53. The van der Waals surface area contributed by atoms with Crippen molar-refractivity contribution in [3.8, 4) is 11.3 Å². The molecule has 4 amide bonds. The fraction of sp³-hybridized carbons (Fsp3) is 0.500. The third-order valence-corrected chi connectivity index (χ3v) is 11.6. The molecule has 1 atom stereocenters. The minimum Gasteiger partial charge on any atom is -0.342 e. The van der Waals surface area contributed by atoms with Crippen molar-refractivity contribution in [2.45, 2.75) is 85.7 Å². The molecule has 0 aromatic carbocycles. The summed E-state index contributed by atoms with van der Waals surface area (Å²) in [5, 5.41) is 1.12. The van der Waals surface area contributed by atoms with Gasteiger partial charge in [-0.25, -0.2) is 9.59 Å². The van der Waals surface area contributed by atoms with Gasteiger partial charge in [-0.15, -0.1) is 10.1 Å². The average molecular weight is 840 g/mol. The zero-order valence-electron chi connectivity index (χ0n) is 36.3. The first-order valence-corrected chi connectivity index (χ1v) is 21.2. The van der Waals surface area contributed by atoms with Crippen LogP contribution in [0.3, 0.4) is 0 Å². The van der Waals surface area contributed by atoms with Crippen LogP contribution in [-0.4, -0.2) is 126 Å². The highest BCUT2D eigenvalue weighted by atomic mass is 16.7. The maximum atomic E-state index is 13.2. The molecule has 326 valence electrons. The van der Waals surface area contributed by atoms with Crippen molar-refractivity contribution < 1.29 is 38.4 Å². The van der Waals surface area contributed by atoms with Crippen LogP contribution in [0.4, 0.5) is 0 Å². The largest absolute Gasteiger partial charge is 0.380 e. The summed E-state index contributed by atoms with van der Waals surface area (Å²) in [4.78, 5) is 103. The molecule has 0 radical (unpaired) electrons. The topological polar surface area (TPSA) is 172 Å². The molecular formula is C44H57N9O8. The Morgan fingerprint density at radius 3 is 1.64 bits per heavy atom. The van der Waals surface area contributed by atoms with Crippen LogP contribution in [0.25, 0.3) is 11.3 Å². The number of carbonyl (C=O) groups is 6. The molecule has 3 aliphatic rings. The number of hydrogen-bond acceptors (Lipinski definition) is 13. The number of nitrogens with zero attached hydrogens (tertiary/aromatic N) is 9. The number of pyridine rings is 1. The molecular weight excluding hydrogens is 783 g/mol. The summed E-state index contributed by atoms with van der Waals surface area (Å²) in [6, 6.07) is 11.0. The third kappa shape index (κ3) is 10.2. The molecule has 3 aromatic heterocycles. The molecule has 0 saturated carbocycles. The molecule has 0 aliphatic carbocycles. The van der Waals surface area contributed by atoms with E-state index in [1.165, 1.54) is 0 Å². The van der Waals surface area contributed by atoms with Gasteiger partial charge in [-0.05, 0) is 75.5 Å². The number of imide groups is 2. The van der Waals surface area contributed by atoms with Gasteiger partial charge in [-0.3, -0.25) is 43.9 Å². The smallest absolute Gasteiger partial charge is 0.342 e. The molecule has 1 unspecified atom stereocenters. The van der Waals surface area contributed by atoms with E-state index in [1.54, 1.807) is 35.4 Å². The Morgan fingerprint density at radius 2 is 1.11 bits per heavy atom. The predicted octanol–water partition coefficient (Wildman–Crippen LogP) is 4.39. The highest BCUT2D eigenvalue weighted by Crippen LogP contribution is 2.31. The number of likely N-dealkylation sites (N-methyl/N-ethyl adjacent to an activating group) is 1. The molecule has 6 heterocycles. The second-order valence-corrected chi connectivity index (χ2v) is 15.5. The average Bonchev–Trinajstić information content (AvgIpc) is 4.01. The Bertz CT molecular complexity index is 2200. The Labute approximate surface area is 356 Å². The lowest BCUT2D eigenvalue weighted by atomic mass is 9.93. The standard InChI is InChI=1S/C44H57N9O8/c1-8-49(9-2)25-31-21-29(35-13-15-37(47(35)6)43(58)60-52-39(54)17-18-40(52)55)23-33(45-31)27-51(12-5)28-34-24-30(22-32(46-34)26-50(10-3)11-4)36-14-16-38(48(36)7)44(59)61-53-41(56)19-20-42(53)57/h13-16,21-23,30H,8-12,17-20,24-28H2,1-7H3. The Balaban J connectivity index is 1.25. The zero-order valence-corrected chi connectivity index (χ0v) is 36.3. The molecule has 3 aliphatic heterocycles. The lowest BCUT2D eigenvalue weighted by Gasteiger charge is -2.28. The van der Waals surface area contributed by atoms with E-state index in [0.29, 0.717) is 49.3 Å². The number of allylic oxidation sites excluding steroid dienone is 1. The lowest BCUT2D eigenvalue weighted by molar-refractivity contribution is -0.173. The number of hydroxylamine groups is 4. The van der Waals surface area contributed by atoms with Crippen molar-refractivity contribution in [1.29, 1.82) is 0 Å². The summed E-state index contributed by atoms with van der Waals surface area (Å²) in [6.45, 7) is 17.0. The van der Waals surface area contributed by atoms with Crippen molar-refractivity contribution >= 4 is 41.3 Å². The Hall–Kier alpha value is -5.78. The van der Waals surface area contributed by atoms with Crippen LogP contribution in [0.15, 0.2) is 53.2 Å². The van der Waals surface area contributed by atoms with Gasteiger partial charge >= 0.3 is 11.9 Å². The molecule has 3 aromatic rings. The van der Waals surface area contributed by atoms with Crippen molar-refractivity contribution in [2.75, 3.05) is 45.8 Å². The fourth-order valence-corrected chi connectivity index (χ4v) is 7.97. The maximum absolute atomic E-state index is 13.2. The minimum absolute atomic E-state index is 0.0109. The van der Waals surface area contributed by atoms with Gasteiger partial charge in [-0.2, -0.15) is 0 Å². The van der Waals surface area contributed by atoms with E-state index in [2.05, 4.69) is 55.4 Å². The van der Waals surface area contributed by atoms with E-state index in [0.717, 1.165) is 65.9 Å². The third-order valence-electron chi connectivity index (χ3n) is 11.6. The minimum atomic E-state index is -0.797. The first kappa shape index (κ1) is 44.8. The first-order chi connectivity index (χ1) is 29.3. The van der Waals surface area contributed by atoms with E-state index in [4.69, 9.17) is 19.7 Å². The SMILES string of the molecule is CCN(CC)CC1=CC(c2ccc(C(=O)ON3C(=O)CCC3=O)n2C)CC(CN(CC)Cc2cc(-c3ccc(C(=O)ON4C(=O)CCC4=O)n3C)cc(CN(CC)CC)n2)=N1. The number of aliphatic imine (C=N–C) groups is 1. The van der Waals surface area contributed by atoms with Gasteiger partial charge < -0.3 is 18.8 Å². The summed E-state index contributed by atoms with van der Waals surface area (Å²) in [5.41, 5.74) is 6.53. The van der Waals surface area contributed by atoms with Gasteiger partial charge in [0.2, 0.25) is 0 Å². The van der Waals surface area contributed by atoms with E-state index in [9.17, 15) is 28.8 Å². The molecule has 17 heteroatoms. The molecule has 2 fully saturated rings. The van der Waals surface area contributed by atoms with Gasteiger partial charge in [0.15, 0.2) is 0 Å². The van der Waals surface area contributed by atoms with Crippen LogP contribution in [0.5, 0.6) is 0 Å². The van der Waals surface area contributed by atoms with Crippen LogP contribution >= 0.6 is 0 Å². The molecule has 6 rings (SSSR count). The fourth-order valence-electron chi connectivity index (χ4n) is 7.97. The molecule has 0 N–H and O–H groups in total. The van der Waals surface area contributed by atoms with Crippen molar-refractivity contribution in [2.24, 2.45) is 19.1 Å². The van der Waals surface area contributed by atoms with Crippen LogP contribution in [-0.2, 0) is 56.0 Å². The zero-order chi connectivity index (χ0) is 44.0. The van der Waals surface area contributed by atoms with E-state index < -0.39 is 35.6 Å². The van der Waals surface area contributed by atoms with Crippen LogP contribution in [0.1, 0.15) is 111 Å². The monoisotopic (exact) mass is 839 g/mol. The van der Waals surface area contributed by atoms with E-state index in [1.807, 2.05) is 24.3 Å². The van der Waals surface area contributed by atoms with Crippen LogP contribution < -0.4 is 0 Å². The molecule has 61 heavy (non-hydrogen) atoms. The van der Waals surface area contributed by atoms with E-state index in [-0.39, 0.29) is 43.0 Å². The van der Waals surface area contributed by atoms with Crippen molar-refractivity contribution in [1.82, 2.24) is 38.9 Å². The maximum Gasteiger partial charge on any atom is 0.380 e. The summed E-state index contributed by atoms with van der Waals surface area (Å²) >= 11 is 0. The van der Waals surface area contributed by atoms with Gasteiger partial charge in [0.05, 0.1) is 17.1 Å². The Kier molecular flexibility index (Phi) is 14.5. The second kappa shape index (κ2) is 19.7. The highest BCUT2D eigenvalue weighted by molar-refractivity contribution is 6.03. The number of amides is 4. The van der Waals surface area contributed by atoms with Crippen molar-refractivity contribution in [3.63, 3.8) is 0 Å². The molecule has 0 bridgehead atoms. The Morgan fingerprint density at radius 1 is 0.639 bits per heavy atom. The second-order valence-electron chi connectivity index (χ2n) is 15.5. The van der Waals surface area contributed by atoms with Crippen LogP contribution in [0.2, 0.25) is 0 Å². The summed E-state index contributed by atoms with van der Waals surface area (Å²) in [6.07, 6.45) is 2.82. The number of aromatic nitrogens is 3. The van der Waals surface area contributed by atoms with Crippen LogP contribution in [0, 0.1) is 0 Å². The van der Waals surface area contributed by atoms with Gasteiger partial charge in [0.1, 0.15) is 11.4 Å². The van der Waals surface area contributed by atoms with Gasteiger partial charge in [0.25, 0.3) is 23.6 Å². The lowest BCUT2D eigenvalue weighted by Crippen LogP contribution is -2.33. The quantitative estimate of drug-likeness (QED) is 0.156. The van der Waals surface area contributed by atoms with Gasteiger partial charge in [-0.1, -0.05) is 40.7 Å². The van der Waals surface area contributed by atoms with Gasteiger partial charge in [0, 0.05) is 94.5 Å². The molecule has 17 nitrogen and oxygen atoms in total. The summed E-state index contributed by atoms with van der Waals surface area (Å²) in [5.74, 6) is -3.82. The number of carbonyl (C=O) groups excluding carboxylic acids is 6. The number of hydrogen-bond donors (Lipinski definition) is 0. The summed E-state index contributed by atoms with van der Waals surface area (Å²) < 4.78 is 3.46. The highest BCUT2D eigenvalue weighted by Gasteiger charge is 2.35. The first-order valence-electron chi connectivity index (χ1n) is 21.2. The normalized spacial score (nSPS) is 17.0. The van der Waals surface area contributed by atoms with Crippen molar-refractivity contribution in [3.05, 3.63) is 76.6 Å². The number of rotatable bonds is 19. The molecule has 0 spiro atoms. The molecule has 2 saturated heterocycles. The van der Waals surface area contributed by atoms with E-state index >= 15 is 0 Å².